The van der Waals surface area contributed by atoms with Gasteiger partial charge in [-0.25, -0.2) is 0 Å². The lowest BCUT2D eigenvalue weighted by atomic mass is 10.1. The van der Waals surface area contributed by atoms with E-state index < -0.39 is 0 Å². The van der Waals surface area contributed by atoms with Gasteiger partial charge in [0.05, 0.1) is 6.61 Å². The molecule has 0 rings (SSSR count). The zero-order valence-electron chi connectivity index (χ0n) is 12.5. The van der Waals surface area contributed by atoms with Crippen molar-refractivity contribution in [2.24, 2.45) is 0 Å². The predicted molar refractivity (Wildman–Crippen MR) is 84.0 cm³/mol. The molecule has 0 heterocycles. The number of hydrogen-bond donors (Lipinski definition) is 1. The van der Waals surface area contributed by atoms with Gasteiger partial charge in [-0.3, -0.25) is 0 Å². The Balaban J connectivity index is 3.09. The largest absolute Gasteiger partial charge is 0.471 e. The molecule has 18 heavy (non-hydrogen) atoms. The summed E-state index contributed by atoms with van der Waals surface area (Å²) in [7, 11) is 0. The Hall–Kier alpha value is -0.310. The molecule has 0 aromatic heterocycles. The third kappa shape index (κ3) is 13.8. The quantitative estimate of drug-likeness (QED) is 0.431. The molecule has 0 spiro atoms. The van der Waals surface area contributed by atoms with E-state index in [9.17, 15) is 0 Å². The fraction of sp³-hybridized carbons (Fsp3) is 0.933. The maximum atomic E-state index is 5.43. The van der Waals surface area contributed by atoms with Crippen LogP contribution in [0.5, 0.6) is 0 Å². The molecule has 0 saturated heterocycles. The second-order valence-electron chi connectivity index (χ2n) is 5.26. The lowest BCUT2D eigenvalue weighted by Gasteiger charge is -2.11. The van der Waals surface area contributed by atoms with Crippen molar-refractivity contribution in [1.29, 1.82) is 0 Å². The van der Waals surface area contributed by atoms with Crippen LogP contribution >= 0.6 is 12.2 Å². The second-order valence-corrected chi connectivity index (χ2v) is 5.63. The van der Waals surface area contributed by atoms with E-state index in [2.05, 4.69) is 26.1 Å². The monoisotopic (exact) mass is 273 g/mol. The van der Waals surface area contributed by atoms with Crippen LogP contribution in [-0.2, 0) is 4.74 Å². The number of hydrogen-bond acceptors (Lipinski definition) is 2. The molecule has 0 radical (unpaired) electrons. The van der Waals surface area contributed by atoms with E-state index in [4.69, 9.17) is 17.0 Å². The molecule has 0 aromatic rings. The first kappa shape index (κ1) is 17.7. The Morgan fingerprint density at radius 1 is 0.944 bits per heavy atom. The summed E-state index contributed by atoms with van der Waals surface area (Å²) in [5.41, 5.74) is 0. The third-order valence-corrected chi connectivity index (χ3v) is 3.12. The Morgan fingerprint density at radius 2 is 1.44 bits per heavy atom. The van der Waals surface area contributed by atoms with E-state index in [1.54, 1.807) is 0 Å². The van der Waals surface area contributed by atoms with E-state index in [-0.39, 0.29) is 0 Å². The fourth-order valence-electron chi connectivity index (χ4n) is 1.85. The van der Waals surface area contributed by atoms with E-state index in [1.165, 1.54) is 51.4 Å². The minimum atomic E-state index is 0.362. The Morgan fingerprint density at radius 3 is 1.94 bits per heavy atom. The third-order valence-electron chi connectivity index (χ3n) is 2.89. The van der Waals surface area contributed by atoms with Gasteiger partial charge in [-0.05, 0) is 32.5 Å². The van der Waals surface area contributed by atoms with Crippen LogP contribution in [0.25, 0.3) is 0 Å². The van der Waals surface area contributed by atoms with Gasteiger partial charge in [0.25, 0.3) is 5.17 Å². The summed E-state index contributed by atoms with van der Waals surface area (Å²) in [4.78, 5) is 0. The molecule has 3 heteroatoms. The lowest BCUT2D eigenvalue weighted by molar-refractivity contribution is 0.283. The highest BCUT2D eigenvalue weighted by Gasteiger charge is 1.98. The molecule has 0 bridgehead atoms. The molecule has 0 aliphatic carbocycles. The van der Waals surface area contributed by atoms with Gasteiger partial charge < -0.3 is 10.1 Å². The van der Waals surface area contributed by atoms with Crippen LogP contribution in [0, 0.1) is 0 Å². The topological polar surface area (TPSA) is 21.3 Å². The van der Waals surface area contributed by atoms with E-state index in [1.807, 2.05) is 0 Å². The molecule has 0 amide bonds. The summed E-state index contributed by atoms with van der Waals surface area (Å²) in [5.74, 6) is 0. The van der Waals surface area contributed by atoms with Crippen molar-refractivity contribution in [3.63, 3.8) is 0 Å². The molecular formula is C15H31NOS. The zero-order chi connectivity index (χ0) is 13.6. The van der Waals surface area contributed by atoms with Crippen LogP contribution in [0.15, 0.2) is 0 Å². The standard InChI is InChI=1S/C15H31NOS/c1-4-5-6-7-8-9-10-11-12-13-17-15(18)16-14(2)3/h14H,4-13H2,1-3H3,(H,16,18). The minimum Gasteiger partial charge on any atom is -0.471 e. The van der Waals surface area contributed by atoms with Crippen molar-refractivity contribution in [2.75, 3.05) is 6.61 Å². The summed E-state index contributed by atoms with van der Waals surface area (Å²) in [6, 6.07) is 0.362. The fourth-order valence-corrected chi connectivity index (χ4v) is 2.17. The van der Waals surface area contributed by atoms with Crippen LogP contribution < -0.4 is 5.32 Å². The molecule has 0 unspecified atom stereocenters. The van der Waals surface area contributed by atoms with Crippen LogP contribution in [0.3, 0.4) is 0 Å². The summed E-state index contributed by atoms with van der Waals surface area (Å²) < 4.78 is 5.43. The summed E-state index contributed by atoms with van der Waals surface area (Å²) in [6.07, 6.45) is 12.0. The Kier molecular flexibility index (Phi) is 12.9. The number of unbranched alkanes of at least 4 members (excludes halogenated alkanes) is 8. The minimum absolute atomic E-state index is 0.362. The van der Waals surface area contributed by atoms with Crippen molar-refractivity contribution in [3.05, 3.63) is 0 Å². The molecule has 0 saturated carbocycles. The van der Waals surface area contributed by atoms with Gasteiger partial charge in [0.15, 0.2) is 0 Å². The Labute approximate surface area is 119 Å². The summed E-state index contributed by atoms with van der Waals surface area (Å²) in [5, 5.41) is 3.63. The first-order valence-electron chi connectivity index (χ1n) is 7.60. The zero-order valence-corrected chi connectivity index (χ0v) is 13.3. The molecule has 1 N–H and O–H groups in total. The maximum Gasteiger partial charge on any atom is 0.256 e. The smallest absolute Gasteiger partial charge is 0.256 e. The first-order valence-corrected chi connectivity index (χ1v) is 8.01. The average Bonchev–Trinajstić information content (AvgIpc) is 2.30. The molecule has 108 valence electrons. The van der Waals surface area contributed by atoms with Gasteiger partial charge in [-0.2, -0.15) is 0 Å². The molecule has 0 fully saturated rings. The summed E-state index contributed by atoms with van der Waals surface area (Å²) >= 11 is 5.06. The lowest BCUT2D eigenvalue weighted by Crippen LogP contribution is -2.30. The van der Waals surface area contributed by atoms with E-state index >= 15 is 0 Å². The van der Waals surface area contributed by atoms with E-state index in [0.29, 0.717) is 11.2 Å². The molecular weight excluding hydrogens is 242 g/mol. The molecule has 0 atom stereocenters. The SMILES string of the molecule is CCCCCCCCCCCOC(=S)NC(C)C. The van der Waals surface area contributed by atoms with Gasteiger partial charge in [0, 0.05) is 6.04 Å². The number of rotatable bonds is 11. The highest BCUT2D eigenvalue weighted by molar-refractivity contribution is 7.80. The van der Waals surface area contributed by atoms with Crippen LogP contribution in [0.4, 0.5) is 0 Å². The van der Waals surface area contributed by atoms with Gasteiger partial charge >= 0.3 is 0 Å². The first-order chi connectivity index (χ1) is 8.66. The van der Waals surface area contributed by atoms with Gasteiger partial charge in [-0.1, -0.05) is 58.3 Å². The number of ether oxygens (including phenoxy) is 1. The number of thiocarbonyl (C=S) groups is 1. The van der Waals surface area contributed by atoms with Gasteiger partial charge in [0.2, 0.25) is 0 Å². The maximum absolute atomic E-state index is 5.43. The van der Waals surface area contributed by atoms with Crippen molar-refractivity contribution < 1.29 is 4.74 Å². The molecule has 0 aliphatic rings. The molecule has 0 aliphatic heterocycles. The molecule has 0 aromatic carbocycles. The highest BCUT2D eigenvalue weighted by Crippen LogP contribution is 2.09. The average molecular weight is 273 g/mol. The second kappa shape index (κ2) is 13.1. The Bertz CT molecular complexity index is 195. The molecule has 2 nitrogen and oxygen atoms in total. The highest BCUT2D eigenvalue weighted by atomic mass is 32.1. The van der Waals surface area contributed by atoms with Crippen molar-refractivity contribution in [2.45, 2.75) is 84.6 Å². The van der Waals surface area contributed by atoms with Crippen LogP contribution in [0.1, 0.15) is 78.6 Å². The van der Waals surface area contributed by atoms with Crippen molar-refractivity contribution in [3.8, 4) is 0 Å². The van der Waals surface area contributed by atoms with Gasteiger partial charge in [-0.15, -0.1) is 0 Å². The normalized spacial score (nSPS) is 10.7. The van der Waals surface area contributed by atoms with E-state index in [0.717, 1.165) is 13.0 Å². The van der Waals surface area contributed by atoms with Crippen LogP contribution in [0.2, 0.25) is 0 Å². The van der Waals surface area contributed by atoms with Crippen molar-refractivity contribution >= 4 is 17.4 Å². The summed E-state index contributed by atoms with van der Waals surface area (Å²) in [6.45, 7) is 7.15. The van der Waals surface area contributed by atoms with Crippen molar-refractivity contribution in [1.82, 2.24) is 5.32 Å². The predicted octanol–water partition coefficient (Wildman–Crippen LogP) is 4.82. The van der Waals surface area contributed by atoms with Gasteiger partial charge in [0.1, 0.15) is 0 Å². The van der Waals surface area contributed by atoms with Crippen LogP contribution in [-0.4, -0.2) is 17.8 Å². The number of nitrogens with one attached hydrogen (secondary N) is 1.